The molecule has 0 N–H and O–H groups in total. The molecule has 3 heteroatoms. The number of halogens is 1. The summed E-state index contributed by atoms with van der Waals surface area (Å²) in [7, 11) is 0. The van der Waals surface area contributed by atoms with E-state index in [-0.39, 0.29) is 11.0 Å². The van der Waals surface area contributed by atoms with Gasteiger partial charge in [0.1, 0.15) is 6.61 Å². The maximum absolute atomic E-state index is 5.81. The molecule has 12 heavy (non-hydrogen) atoms. The summed E-state index contributed by atoms with van der Waals surface area (Å²) in [5, 5.41) is 0. The summed E-state index contributed by atoms with van der Waals surface area (Å²) in [5.41, 5.74) is -0.200. The van der Waals surface area contributed by atoms with E-state index >= 15 is 0 Å². The molecule has 0 aromatic heterocycles. The molecule has 0 atom stereocenters. The quantitative estimate of drug-likeness (QED) is 0.612. The largest absolute Gasteiger partial charge is 0.478 e. The summed E-state index contributed by atoms with van der Waals surface area (Å²) >= 11 is 5.81. The van der Waals surface area contributed by atoms with Gasteiger partial charge in [0.15, 0.2) is 5.90 Å². The van der Waals surface area contributed by atoms with Crippen molar-refractivity contribution in [2.75, 3.05) is 12.5 Å². The van der Waals surface area contributed by atoms with Crippen molar-refractivity contribution in [1.29, 1.82) is 0 Å². The van der Waals surface area contributed by atoms with Crippen LogP contribution < -0.4 is 0 Å². The summed E-state index contributed by atoms with van der Waals surface area (Å²) in [4.78, 5) is 4.47. The topological polar surface area (TPSA) is 21.6 Å². The number of ether oxygens (including phenoxy) is 1. The van der Waals surface area contributed by atoms with Crippen LogP contribution >= 0.6 is 11.6 Å². The van der Waals surface area contributed by atoms with E-state index in [1.165, 1.54) is 0 Å². The minimum Gasteiger partial charge on any atom is -0.478 e. The second-order valence-corrected chi connectivity index (χ2v) is 4.80. The Bertz CT molecular complexity index is 209. The molecule has 0 aromatic rings. The molecule has 0 unspecified atom stereocenters. The summed E-state index contributed by atoms with van der Waals surface area (Å²) < 4.78 is 5.49. The Hall–Kier alpha value is -0.240. The van der Waals surface area contributed by atoms with E-state index in [4.69, 9.17) is 16.3 Å². The van der Waals surface area contributed by atoms with Gasteiger partial charge in [-0.05, 0) is 27.7 Å². The van der Waals surface area contributed by atoms with Gasteiger partial charge >= 0.3 is 0 Å². The second kappa shape index (κ2) is 2.91. The van der Waals surface area contributed by atoms with Crippen LogP contribution in [0.4, 0.5) is 0 Å². The van der Waals surface area contributed by atoms with Crippen LogP contribution in [0.25, 0.3) is 0 Å². The van der Waals surface area contributed by atoms with Crippen molar-refractivity contribution in [3.63, 3.8) is 0 Å². The zero-order valence-corrected chi connectivity index (χ0v) is 8.90. The molecule has 0 aromatic carbocycles. The van der Waals surface area contributed by atoms with Crippen LogP contribution in [0.3, 0.4) is 0 Å². The van der Waals surface area contributed by atoms with Gasteiger partial charge in [-0.3, -0.25) is 0 Å². The first-order valence-corrected chi connectivity index (χ1v) is 4.70. The van der Waals surface area contributed by atoms with Crippen LogP contribution in [0.1, 0.15) is 27.7 Å². The predicted molar refractivity (Wildman–Crippen MR) is 52.0 cm³/mol. The van der Waals surface area contributed by atoms with E-state index in [9.17, 15) is 0 Å². The zero-order chi connectivity index (χ0) is 9.41. The van der Waals surface area contributed by atoms with E-state index in [0.29, 0.717) is 12.5 Å². The Labute approximate surface area is 79.0 Å². The molecule has 1 aliphatic heterocycles. The molecule has 0 spiro atoms. The maximum Gasteiger partial charge on any atom is 0.191 e. The number of hydrogen-bond donors (Lipinski definition) is 0. The standard InChI is InChI=1S/C9H16ClNO/c1-8(2,5-10)7-11-9(3,4)6-12-7/h5-6H2,1-4H3. The van der Waals surface area contributed by atoms with E-state index in [0.717, 1.165) is 5.90 Å². The lowest BCUT2D eigenvalue weighted by Crippen LogP contribution is -2.26. The van der Waals surface area contributed by atoms with E-state index in [2.05, 4.69) is 18.8 Å². The first-order valence-electron chi connectivity index (χ1n) is 4.16. The number of rotatable bonds is 2. The summed E-state index contributed by atoms with van der Waals surface area (Å²) in [6.07, 6.45) is 0. The zero-order valence-electron chi connectivity index (χ0n) is 8.15. The van der Waals surface area contributed by atoms with Gasteiger partial charge in [-0.25, -0.2) is 4.99 Å². The van der Waals surface area contributed by atoms with Crippen molar-refractivity contribution in [2.24, 2.45) is 10.4 Å². The SMILES string of the molecule is CC1(C)COC(C(C)(C)CCl)=N1. The highest BCUT2D eigenvalue weighted by Gasteiger charge is 2.35. The lowest BCUT2D eigenvalue weighted by molar-refractivity contribution is 0.255. The van der Waals surface area contributed by atoms with Gasteiger partial charge in [-0.1, -0.05) is 0 Å². The van der Waals surface area contributed by atoms with Crippen molar-refractivity contribution in [3.05, 3.63) is 0 Å². The van der Waals surface area contributed by atoms with E-state index in [1.54, 1.807) is 0 Å². The van der Waals surface area contributed by atoms with Crippen molar-refractivity contribution in [3.8, 4) is 0 Å². The molecule has 0 bridgehead atoms. The van der Waals surface area contributed by atoms with Crippen LogP contribution in [0.2, 0.25) is 0 Å². The van der Waals surface area contributed by atoms with Crippen molar-refractivity contribution >= 4 is 17.5 Å². The summed E-state index contributed by atoms with van der Waals surface area (Å²) in [6.45, 7) is 8.87. The van der Waals surface area contributed by atoms with E-state index < -0.39 is 0 Å². The highest BCUT2D eigenvalue weighted by Crippen LogP contribution is 2.28. The highest BCUT2D eigenvalue weighted by atomic mass is 35.5. The van der Waals surface area contributed by atoms with Gasteiger partial charge < -0.3 is 4.74 Å². The first-order chi connectivity index (χ1) is 5.37. The second-order valence-electron chi connectivity index (χ2n) is 4.54. The monoisotopic (exact) mass is 189 g/mol. The Morgan fingerprint density at radius 3 is 2.50 bits per heavy atom. The number of hydrogen-bond acceptors (Lipinski definition) is 2. The molecule has 0 fully saturated rings. The maximum atomic E-state index is 5.81. The van der Waals surface area contributed by atoms with Crippen molar-refractivity contribution in [1.82, 2.24) is 0 Å². The van der Waals surface area contributed by atoms with Crippen molar-refractivity contribution in [2.45, 2.75) is 33.2 Å². The third-order valence-corrected chi connectivity index (χ3v) is 2.55. The third-order valence-electron chi connectivity index (χ3n) is 1.88. The molecule has 0 amide bonds. The number of alkyl halides is 1. The van der Waals surface area contributed by atoms with Gasteiger partial charge in [0, 0.05) is 5.88 Å². The third kappa shape index (κ3) is 1.92. The highest BCUT2D eigenvalue weighted by molar-refractivity contribution is 6.19. The molecule has 0 radical (unpaired) electrons. The Morgan fingerprint density at radius 1 is 1.58 bits per heavy atom. The van der Waals surface area contributed by atoms with Crippen molar-refractivity contribution < 1.29 is 4.74 Å². The average molecular weight is 190 g/mol. The molecule has 2 nitrogen and oxygen atoms in total. The molecule has 1 aliphatic rings. The van der Waals surface area contributed by atoms with Gasteiger partial charge in [0.05, 0.1) is 11.0 Å². The van der Waals surface area contributed by atoms with Crippen LogP contribution in [-0.4, -0.2) is 23.9 Å². The molecule has 0 saturated carbocycles. The van der Waals surface area contributed by atoms with E-state index in [1.807, 2.05) is 13.8 Å². The molecule has 70 valence electrons. The molecule has 0 aliphatic carbocycles. The fourth-order valence-corrected chi connectivity index (χ4v) is 1.10. The first kappa shape index (κ1) is 9.85. The number of nitrogens with zero attached hydrogens (tertiary/aromatic N) is 1. The minimum absolute atomic E-state index is 0.0708. The molecular formula is C9H16ClNO. The smallest absolute Gasteiger partial charge is 0.191 e. The molecular weight excluding hydrogens is 174 g/mol. The lowest BCUT2D eigenvalue weighted by atomic mass is 9.96. The minimum atomic E-state index is -0.130. The van der Waals surface area contributed by atoms with Crippen LogP contribution in [0, 0.1) is 5.41 Å². The van der Waals surface area contributed by atoms with Gasteiger partial charge in [0.2, 0.25) is 0 Å². The summed E-state index contributed by atoms with van der Waals surface area (Å²) in [6, 6.07) is 0. The summed E-state index contributed by atoms with van der Waals surface area (Å²) in [5.74, 6) is 1.34. The Balaban J connectivity index is 2.79. The lowest BCUT2D eigenvalue weighted by Gasteiger charge is -2.19. The van der Waals surface area contributed by atoms with Gasteiger partial charge in [0.25, 0.3) is 0 Å². The Kier molecular flexibility index (Phi) is 2.39. The normalized spacial score (nSPS) is 21.9. The molecule has 0 saturated heterocycles. The molecule has 1 heterocycles. The predicted octanol–water partition coefficient (Wildman–Crippen LogP) is 2.46. The van der Waals surface area contributed by atoms with Gasteiger partial charge in [-0.2, -0.15) is 0 Å². The van der Waals surface area contributed by atoms with Crippen LogP contribution in [-0.2, 0) is 4.74 Å². The average Bonchev–Trinajstić information content (AvgIpc) is 2.31. The number of aliphatic imine (C=N–C) groups is 1. The van der Waals surface area contributed by atoms with Gasteiger partial charge in [-0.15, -0.1) is 11.6 Å². The molecule has 1 rings (SSSR count). The fraction of sp³-hybridized carbons (Fsp3) is 0.889. The fourth-order valence-electron chi connectivity index (χ4n) is 0.988. The Morgan fingerprint density at radius 2 is 2.17 bits per heavy atom. The van der Waals surface area contributed by atoms with Crippen LogP contribution in [0.15, 0.2) is 4.99 Å². The van der Waals surface area contributed by atoms with Crippen LogP contribution in [0.5, 0.6) is 0 Å².